The summed E-state index contributed by atoms with van der Waals surface area (Å²) in [5.41, 5.74) is 7.24. The first-order chi connectivity index (χ1) is 7.26. The zero-order chi connectivity index (χ0) is 10.8. The number of hydrogen-bond acceptors (Lipinski definition) is 4. The highest BCUT2D eigenvalue weighted by atomic mass is 16.5. The Morgan fingerprint density at radius 1 is 1.67 bits per heavy atom. The number of nitrogens with two attached hydrogens (primary N) is 1. The molecule has 0 radical (unpaired) electrons. The quantitative estimate of drug-likeness (QED) is 0.728. The lowest BCUT2D eigenvalue weighted by molar-refractivity contribution is 0.0602. The molecule has 2 rings (SSSR count). The van der Waals surface area contributed by atoms with Crippen LogP contribution in [0.5, 0.6) is 0 Å². The smallest absolute Gasteiger partial charge is 0.341 e. The van der Waals surface area contributed by atoms with Crippen molar-refractivity contribution >= 4 is 11.6 Å². The molecule has 2 aromatic heterocycles. The highest BCUT2D eigenvalue weighted by Crippen LogP contribution is 2.11. The summed E-state index contributed by atoms with van der Waals surface area (Å²) in [4.78, 5) is 15.7. The summed E-state index contributed by atoms with van der Waals surface area (Å²) in [6, 6.07) is 3.44. The Bertz CT molecular complexity index is 504. The average Bonchev–Trinajstić information content (AvgIpc) is 2.70. The molecule has 5 nitrogen and oxygen atoms in total. The van der Waals surface area contributed by atoms with Gasteiger partial charge < -0.3 is 14.9 Å². The fraction of sp³-hybridized carbons (Fsp3) is 0.200. The lowest BCUT2D eigenvalue weighted by atomic mass is 10.3. The van der Waals surface area contributed by atoms with Gasteiger partial charge >= 0.3 is 5.97 Å². The van der Waals surface area contributed by atoms with Crippen molar-refractivity contribution in [3.05, 3.63) is 35.8 Å². The van der Waals surface area contributed by atoms with Crippen molar-refractivity contribution in [2.24, 2.45) is 5.73 Å². The van der Waals surface area contributed by atoms with Crippen molar-refractivity contribution in [2.75, 3.05) is 7.11 Å². The molecule has 0 fully saturated rings. The van der Waals surface area contributed by atoms with E-state index in [1.807, 2.05) is 6.20 Å². The number of fused-ring (bicyclic) bond motifs is 1. The summed E-state index contributed by atoms with van der Waals surface area (Å²) in [5.74, 6) is -0.394. The van der Waals surface area contributed by atoms with E-state index >= 15 is 0 Å². The summed E-state index contributed by atoms with van der Waals surface area (Å²) in [5, 5.41) is 0. The lowest BCUT2D eigenvalue weighted by Gasteiger charge is -2.00. The topological polar surface area (TPSA) is 69.6 Å². The lowest BCUT2D eigenvalue weighted by Crippen LogP contribution is -2.03. The summed E-state index contributed by atoms with van der Waals surface area (Å²) in [6.45, 7) is 0.349. The first kappa shape index (κ1) is 9.67. The number of imidazole rings is 1. The van der Waals surface area contributed by atoms with Gasteiger partial charge in [-0.3, -0.25) is 0 Å². The van der Waals surface area contributed by atoms with E-state index in [1.165, 1.54) is 7.11 Å². The molecule has 2 heterocycles. The molecule has 0 unspecified atom stereocenters. The second kappa shape index (κ2) is 3.70. The molecule has 5 heteroatoms. The van der Waals surface area contributed by atoms with Crippen LogP contribution in [0, 0.1) is 0 Å². The van der Waals surface area contributed by atoms with Crippen molar-refractivity contribution in [3.63, 3.8) is 0 Å². The van der Waals surface area contributed by atoms with E-state index in [0.29, 0.717) is 17.8 Å². The summed E-state index contributed by atoms with van der Waals surface area (Å²) >= 11 is 0. The van der Waals surface area contributed by atoms with Gasteiger partial charge in [-0.15, -0.1) is 0 Å². The molecule has 0 aliphatic carbocycles. The van der Waals surface area contributed by atoms with Gasteiger partial charge in [-0.2, -0.15) is 0 Å². The van der Waals surface area contributed by atoms with E-state index in [4.69, 9.17) is 5.73 Å². The molecule has 0 aromatic carbocycles. The fourth-order valence-corrected chi connectivity index (χ4v) is 1.43. The van der Waals surface area contributed by atoms with Crippen molar-refractivity contribution in [3.8, 4) is 0 Å². The number of ether oxygens (including phenoxy) is 1. The van der Waals surface area contributed by atoms with Gasteiger partial charge in [-0.1, -0.05) is 0 Å². The van der Waals surface area contributed by atoms with Gasteiger partial charge in [0.15, 0.2) is 5.65 Å². The van der Waals surface area contributed by atoms with E-state index in [-0.39, 0.29) is 0 Å². The number of carbonyl (C=O) groups is 1. The van der Waals surface area contributed by atoms with Crippen LogP contribution >= 0.6 is 0 Å². The molecule has 2 N–H and O–H groups in total. The van der Waals surface area contributed by atoms with Crippen LogP contribution in [0.1, 0.15) is 16.1 Å². The molecule has 0 spiro atoms. The van der Waals surface area contributed by atoms with Gasteiger partial charge in [0, 0.05) is 18.9 Å². The Labute approximate surface area is 86.5 Å². The molecule has 2 aromatic rings. The average molecular weight is 205 g/mol. The number of aromatic nitrogens is 2. The standard InChI is InChI=1S/C10H11N3O2/c1-15-10(14)8-3-2-4-13-6-7(5-11)12-9(8)13/h2-4,6H,5,11H2,1H3. The van der Waals surface area contributed by atoms with Crippen LogP contribution in [-0.2, 0) is 11.3 Å². The minimum atomic E-state index is -0.394. The number of carbonyl (C=O) groups excluding carboxylic acids is 1. The normalized spacial score (nSPS) is 10.5. The molecular weight excluding hydrogens is 194 g/mol. The monoisotopic (exact) mass is 205 g/mol. The molecule has 0 aliphatic rings. The van der Waals surface area contributed by atoms with Crippen LogP contribution in [0.3, 0.4) is 0 Å². The highest BCUT2D eigenvalue weighted by Gasteiger charge is 2.12. The fourth-order valence-electron chi connectivity index (χ4n) is 1.43. The van der Waals surface area contributed by atoms with Gasteiger partial charge in [0.2, 0.25) is 0 Å². The number of rotatable bonds is 2. The molecule has 0 saturated heterocycles. The first-order valence-electron chi connectivity index (χ1n) is 4.51. The zero-order valence-electron chi connectivity index (χ0n) is 8.30. The van der Waals surface area contributed by atoms with Gasteiger partial charge in [0.1, 0.15) is 5.56 Å². The third kappa shape index (κ3) is 1.57. The Balaban J connectivity index is 2.64. The van der Waals surface area contributed by atoms with E-state index < -0.39 is 5.97 Å². The van der Waals surface area contributed by atoms with Crippen molar-refractivity contribution < 1.29 is 9.53 Å². The molecule has 0 saturated carbocycles. The Morgan fingerprint density at radius 2 is 2.47 bits per heavy atom. The largest absolute Gasteiger partial charge is 0.465 e. The third-order valence-corrected chi connectivity index (χ3v) is 2.15. The first-order valence-corrected chi connectivity index (χ1v) is 4.51. The Kier molecular flexibility index (Phi) is 2.39. The summed E-state index contributed by atoms with van der Waals surface area (Å²) in [7, 11) is 1.35. The van der Waals surface area contributed by atoms with Crippen LogP contribution in [0.25, 0.3) is 5.65 Å². The van der Waals surface area contributed by atoms with E-state index in [2.05, 4.69) is 9.72 Å². The van der Waals surface area contributed by atoms with Crippen LogP contribution in [-0.4, -0.2) is 22.5 Å². The third-order valence-electron chi connectivity index (χ3n) is 2.15. The Hall–Kier alpha value is -1.88. The predicted octanol–water partition coefficient (Wildman–Crippen LogP) is 0.580. The van der Waals surface area contributed by atoms with Crippen LogP contribution < -0.4 is 5.73 Å². The zero-order valence-corrected chi connectivity index (χ0v) is 8.30. The number of methoxy groups -OCH3 is 1. The van der Waals surface area contributed by atoms with Crippen molar-refractivity contribution in [1.82, 2.24) is 9.38 Å². The predicted molar refractivity (Wildman–Crippen MR) is 54.4 cm³/mol. The van der Waals surface area contributed by atoms with Crippen LogP contribution in [0.4, 0.5) is 0 Å². The molecule has 78 valence electrons. The van der Waals surface area contributed by atoms with Gasteiger partial charge in [0.25, 0.3) is 0 Å². The highest BCUT2D eigenvalue weighted by molar-refractivity contribution is 5.95. The Morgan fingerprint density at radius 3 is 3.13 bits per heavy atom. The van der Waals surface area contributed by atoms with Crippen molar-refractivity contribution in [1.29, 1.82) is 0 Å². The molecular formula is C10H11N3O2. The van der Waals surface area contributed by atoms with E-state index in [9.17, 15) is 4.79 Å². The SMILES string of the molecule is COC(=O)c1cccn2cc(CN)nc12. The summed E-state index contributed by atoms with van der Waals surface area (Å²) < 4.78 is 6.42. The van der Waals surface area contributed by atoms with E-state index in [0.717, 1.165) is 5.69 Å². The van der Waals surface area contributed by atoms with Gasteiger partial charge in [0.05, 0.1) is 12.8 Å². The maximum Gasteiger partial charge on any atom is 0.341 e. The van der Waals surface area contributed by atoms with E-state index in [1.54, 1.807) is 22.7 Å². The summed E-state index contributed by atoms with van der Waals surface area (Å²) in [6.07, 6.45) is 3.61. The second-order valence-electron chi connectivity index (χ2n) is 3.08. The number of hydrogen-bond donors (Lipinski definition) is 1. The van der Waals surface area contributed by atoms with Gasteiger partial charge in [-0.05, 0) is 12.1 Å². The number of nitrogens with zero attached hydrogens (tertiary/aromatic N) is 2. The maximum absolute atomic E-state index is 11.4. The molecule has 0 aliphatic heterocycles. The van der Waals surface area contributed by atoms with Crippen LogP contribution in [0.15, 0.2) is 24.5 Å². The second-order valence-corrected chi connectivity index (χ2v) is 3.08. The van der Waals surface area contributed by atoms with Crippen LogP contribution in [0.2, 0.25) is 0 Å². The molecule has 0 bridgehead atoms. The minimum absolute atomic E-state index is 0.349. The van der Waals surface area contributed by atoms with Crippen molar-refractivity contribution in [2.45, 2.75) is 6.54 Å². The minimum Gasteiger partial charge on any atom is -0.465 e. The maximum atomic E-state index is 11.4. The molecule has 0 atom stereocenters. The number of pyridine rings is 1. The number of esters is 1. The molecule has 0 amide bonds. The van der Waals surface area contributed by atoms with Gasteiger partial charge in [-0.25, -0.2) is 9.78 Å². The molecule has 15 heavy (non-hydrogen) atoms.